The molecule has 24 heavy (non-hydrogen) atoms. The Bertz CT molecular complexity index is 784. The summed E-state index contributed by atoms with van der Waals surface area (Å²) in [6.07, 6.45) is 2.97. The number of esters is 1. The highest BCUT2D eigenvalue weighted by atomic mass is 79.9. The number of ether oxygens (including phenoxy) is 1. The van der Waals surface area contributed by atoms with Crippen molar-refractivity contribution in [3.8, 4) is 0 Å². The smallest absolute Gasteiger partial charge is 0.331 e. The zero-order chi connectivity index (χ0) is 17.5. The molecule has 5 heteroatoms. The molecule has 0 fully saturated rings. The molecule has 0 saturated heterocycles. The molecule has 124 valence electrons. The first-order valence-corrected chi connectivity index (χ1v) is 8.21. The molecule has 2 aromatic rings. The Morgan fingerprint density at radius 1 is 1.17 bits per heavy atom. The van der Waals surface area contributed by atoms with Crippen LogP contribution < -0.4 is 5.32 Å². The van der Waals surface area contributed by atoms with Crippen LogP contribution in [0.1, 0.15) is 16.7 Å². The monoisotopic (exact) mass is 387 g/mol. The molecule has 2 rings (SSSR count). The van der Waals surface area contributed by atoms with Crippen LogP contribution in [0.25, 0.3) is 6.08 Å². The van der Waals surface area contributed by atoms with E-state index in [0.29, 0.717) is 5.69 Å². The van der Waals surface area contributed by atoms with Crippen LogP contribution in [0.5, 0.6) is 0 Å². The fraction of sp³-hybridized carbons (Fsp3) is 0.158. The van der Waals surface area contributed by atoms with Gasteiger partial charge in [0.15, 0.2) is 6.61 Å². The van der Waals surface area contributed by atoms with Gasteiger partial charge in [0.1, 0.15) is 0 Å². The van der Waals surface area contributed by atoms with Crippen LogP contribution in [0.3, 0.4) is 0 Å². The molecule has 0 aliphatic carbocycles. The van der Waals surface area contributed by atoms with Gasteiger partial charge in [0, 0.05) is 16.2 Å². The van der Waals surface area contributed by atoms with Gasteiger partial charge in [-0.2, -0.15) is 0 Å². The molecule has 1 amide bonds. The molecule has 0 aromatic heterocycles. The van der Waals surface area contributed by atoms with Gasteiger partial charge in [-0.15, -0.1) is 0 Å². The number of halogens is 1. The number of carbonyl (C=O) groups is 2. The topological polar surface area (TPSA) is 55.4 Å². The molecule has 0 aliphatic rings. The van der Waals surface area contributed by atoms with Crippen molar-refractivity contribution in [2.45, 2.75) is 13.8 Å². The van der Waals surface area contributed by atoms with Crippen molar-refractivity contribution in [1.29, 1.82) is 0 Å². The van der Waals surface area contributed by atoms with Crippen LogP contribution in [0.2, 0.25) is 0 Å². The number of hydrogen-bond acceptors (Lipinski definition) is 3. The molecule has 0 radical (unpaired) electrons. The molecular formula is C19H18BrNO3. The van der Waals surface area contributed by atoms with Crippen molar-refractivity contribution in [2.24, 2.45) is 0 Å². The zero-order valence-corrected chi connectivity index (χ0v) is 15.1. The predicted molar refractivity (Wildman–Crippen MR) is 98.7 cm³/mol. The summed E-state index contributed by atoms with van der Waals surface area (Å²) in [5.74, 6) is -0.933. The van der Waals surface area contributed by atoms with Crippen molar-refractivity contribution in [3.63, 3.8) is 0 Å². The molecule has 0 unspecified atom stereocenters. The number of rotatable bonds is 5. The van der Waals surface area contributed by atoms with E-state index < -0.39 is 5.97 Å². The number of nitrogens with one attached hydrogen (secondary N) is 1. The lowest BCUT2D eigenvalue weighted by Gasteiger charge is -2.08. The minimum absolute atomic E-state index is 0.327. The Kier molecular flexibility index (Phi) is 6.32. The zero-order valence-electron chi connectivity index (χ0n) is 13.5. The second-order valence-corrected chi connectivity index (χ2v) is 6.28. The molecule has 2 aromatic carbocycles. The SMILES string of the molecule is Cc1cccc(/C=C/C(=O)OCC(=O)Nc2ccc(Br)cc2C)c1. The Morgan fingerprint density at radius 3 is 2.67 bits per heavy atom. The highest BCUT2D eigenvalue weighted by molar-refractivity contribution is 9.10. The highest BCUT2D eigenvalue weighted by Gasteiger charge is 2.07. The van der Waals surface area contributed by atoms with Gasteiger partial charge >= 0.3 is 5.97 Å². The fourth-order valence-corrected chi connectivity index (χ4v) is 2.55. The maximum absolute atomic E-state index is 11.8. The number of amides is 1. The van der Waals surface area contributed by atoms with Crippen LogP contribution in [-0.2, 0) is 14.3 Å². The summed E-state index contributed by atoms with van der Waals surface area (Å²) in [7, 11) is 0. The summed E-state index contributed by atoms with van der Waals surface area (Å²) in [6, 6.07) is 13.2. The van der Waals surface area contributed by atoms with E-state index in [4.69, 9.17) is 4.74 Å². The second kappa shape index (κ2) is 8.45. The first kappa shape index (κ1) is 17.9. The maximum atomic E-state index is 11.8. The van der Waals surface area contributed by atoms with Crippen LogP contribution in [-0.4, -0.2) is 18.5 Å². The minimum atomic E-state index is -0.556. The Balaban J connectivity index is 1.83. The van der Waals surface area contributed by atoms with Gasteiger partial charge < -0.3 is 10.1 Å². The van der Waals surface area contributed by atoms with E-state index >= 15 is 0 Å². The third kappa shape index (κ3) is 5.66. The van der Waals surface area contributed by atoms with E-state index in [1.165, 1.54) is 6.08 Å². The molecular weight excluding hydrogens is 370 g/mol. The maximum Gasteiger partial charge on any atom is 0.331 e. The molecule has 0 atom stereocenters. The van der Waals surface area contributed by atoms with Gasteiger partial charge in [0.25, 0.3) is 5.91 Å². The number of anilines is 1. The van der Waals surface area contributed by atoms with E-state index in [1.807, 2.05) is 50.2 Å². The third-order valence-electron chi connectivity index (χ3n) is 3.26. The van der Waals surface area contributed by atoms with Crippen molar-refractivity contribution in [1.82, 2.24) is 0 Å². The number of aryl methyl sites for hydroxylation is 2. The van der Waals surface area contributed by atoms with Crippen LogP contribution in [0.4, 0.5) is 5.69 Å². The fourth-order valence-electron chi connectivity index (χ4n) is 2.08. The van der Waals surface area contributed by atoms with Gasteiger partial charge in [-0.3, -0.25) is 4.79 Å². The van der Waals surface area contributed by atoms with Crippen molar-refractivity contribution >= 4 is 39.6 Å². The molecule has 0 aliphatic heterocycles. The van der Waals surface area contributed by atoms with E-state index in [-0.39, 0.29) is 12.5 Å². The average Bonchev–Trinajstić information content (AvgIpc) is 2.54. The largest absolute Gasteiger partial charge is 0.452 e. The van der Waals surface area contributed by atoms with Crippen molar-refractivity contribution in [2.75, 3.05) is 11.9 Å². The third-order valence-corrected chi connectivity index (χ3v) is 3.76. The lowest BCUT2D eigenvalue weighted by Crippen LogP contribution is -2.20. The normalized spacial score (nSPS) is 10.6. The lowest BCUT2D eigenvalue weighted by atomic mass is 10.1. The number of hydrogen-bond donors (Lipinski definition) is 1. The lowest BCUT2D eigenvalue weighted by molar-refractivity contribution is -0.142. The molecule has 0 bridgehead atoms. The van der Waals surface area contributed by atoms with Crippen LogP contribution in [0, 0.1) is 13.8 Å². The van der Waals surface area contributed by atoms with E-state index in [0.717, 1.165) is 21.2 Å². The van der Waals surface area contributed by atoms with Crippen LogP contribution >= 0.6 is 15.9 Å². The first-order chi connectivity index (χ1) is 11.4. The minimum Gasteiger partial charge on any atom is -0.452 e. The summed E-state index contributed by atoms with van der Waals surface area (Å²) < 4.78 is 5.88. The second-order valence-electron chi connectivity index (χ2n) is 5.36. The summed E-state index contributed by atoms with van der Waals surface area (Å²) >= 11 is 3.36. The summed E-state index contributed by atoms with van der Waals surface area (Å²) in [5, 5.41) is 2.71. The Labute approximate surface area is 149 Å². The standard InChI is InChI=1S/C19H18BrNO3/c1-13-4-3-5-15(10-13)6-9-19(23)24-12-18(22)21-17-8-7-16(20)11-14(17)2/h3-11H,12H2,1-2H3,(H,21,22)/b9-6+. The average molecular weight is 388 g/mol. The van der Waals surface area contributed by atoms with E-state index in [1.54, 1.807) is 12.1 Å². The summed E-state index contributed by atoms with van der Waals surface area (Å²) in [5.41, 5.74) is 3.62. The predicted octanol–water partition coefficient (Wildman–Crippen LogP) is 4.26. The van der Waals surface area contributed by atoms with Crippen molar-refractivity contribution < 1.29 is 14.3 Å². The van der Waals surface area contributed by atoms with E-state index in [9.17, 15) is 9.59 Å². The first-order valence-electron chi connectivity index (χ1n) is 7.41. The highest BCUT2D eigenvalue weighted by Crippen LogP contribution is 2.19. The number of carbonyl (C=O) groups excluding carboxylic acids is 2. The van der Waals surface area contributed by atoms with Crippen LogP contribution in [0.15, 0.2) is 53.0 Å². The van der Waals surface area contributed by atoms with Gasteiger partial charge in [-0.05, 0) is 49.2 Å². The Hall–Kier alpha value is -2.40. The van der Waals surface area contributed by atoms with E-state index in [2.05, 4.69) is 21.2 Å². The van der Waals surface area contributed by atoms with Gasteiger partial charge in [-0.1, -0.05) is 45.8 Å². The summed E-state index contributed by atoms with van der Waals surface area (Å²) in [6.45, 7) is 3.54. The molecule has 0 spiro atoms. The van der Waals surface area contributed by atoms with Gasteiger partial charge in [0.2, 0.25) is 0 Å². The quantitative estimate of drug-likeness (QED) is 0.615. The number of benzene rings is 2. The van der Waals surface area contributed by atoms with Gasteiger partial charge in [0.05, 0.1) is 0 Å². The Morgan fingerprint density at radius 2 is 1.96 bits per heavy atom. The summed E-state index contributed by atoms with van der Waals surface area (Å²) in [4.78, 5) is 23.5. The van der Waals surface area contributed by atoms with Crippen molar-refractivity contribution in [3.05, 3.63) is 69.7 Å². The molecule has 4 nitrogen and oxygen atoms in total. The molecule has 0 heterocycles. The molecule has 0 saturated carbocycles. The molecule has 1 N–H and O–H groups in total. The van der Waals surface area contributed by atoms with Gasteiger partial charge in [-0.25, -0.2) is 4.79 Å².